The molecule has 1 saturated heterocycles. The Kier molecular flexibility index (Phi) is 5.40. The van der Waals surface area contributed by atoms with E-state index in [0.717, 1.165) is 19.5 Å². The third-order valence-corrected chi connectivity index (χ3v) is 3.58. The van der Waals surface area contributed by atoms with E-state index in [1.165, 1.54) is 6.42 Å². The molecule has 4 heteroatoms. The largest absolute Gasteiger partial charge is 0.340 e. The average Bonchev–Trinajstić information content (AvgIpc) is 2.28. The van der Waals surface area contributed by atoms with Crippen LogP contribution >= 0.6 is 0 Å². The molecule has 1 heterocycles. The summed E-state index contributed by atoms with van der Waals surface area (Å²) in [6, 6.07) is 0.466. The molecule has 1 aliphatic heterocycles. The van der Waals surface area contributed by atoms with Crippen molar-refractivity contribution in [1.29, 1.82) is 0 Å². The van der Waals surface area contributed by atoms with Gasteiger partial charge in [0.1, 0.15) is 0 Å². The summed E-state index contributed by atoms with van der Waals surface area (Å²) in [5, 5.41) is 3.28. The Morgan fingerprint density at radius 1 is 1.41 bits per heavy atom. The summed E-state index contributed by atoms with van der Waals surface area (Å²) in [6.45, 7) is 5.99. The highest BCUT2D eigenvalue weighted by molar-refractivity contribution is 5.82. The molecule has 0 bridgehead atoms. The maximum absolute atomic E-state index is 12.5. The zero-order chi connectivity index (χ0) is 13.0. The van der Waals surface area contributed by atoms with Gasteiger partial charge < -0.3 is 10.2 Å². The molecule has 0 saturated carbocycles. The first-order valence-corrected chi connectivity index (χ1v) is 6.59. The molecule has 0 aromatic carbocycles. The molecule has 1 amide bonds. The third kappa shape index (κ3) is 3.68. The van der Waals surface area contributed by atoms with Crippen LogP contribution in [0.1, 0.15) is 26.7 Å². The molecule has 1 aliphatic rings. The number of hydrogen-bond donors (Lipinski definition) is 1. The van der Waals surface area contributed by atoms with Gasteiger partial charge in [-0.2, -0.15) is 0 Å². The molecular weight excluding hydrogens is 214 g/mol. The summed E-state index contributed by atoms with van der Waals surface area (Å²) in [5.74, 6) is 0.636. The van der Waals surface area contributed by atoms with Gasteiger partial charge in [0.2, 0.25) is 5.91 Å². The quantitative estimate of drug-likeness (QED) is 0.790. The van der Waals surface area contributed by atoms with Crippen molar-refractivity contribution in [3.05, 3.63) is 0 Å². The summed E-state index contributed by atoms with van der Waals surface area (Å²) in [6.07, 6.45) is 2.28. The fourth-order valence-corrected chi connectivity index (χ4v) is 2.70. The number of carbonyl (C=O) groups is 1. The third-order valence-electron chi connectivity index (χ3n) is 3.58. The molecule has 2 unspecified atom stereocenters. The number of amides is 1. The topological polar surface area (TPSA) is 35.6 Å². The van der Waals surface area contributed by atoms with Crippen molar-refractivity contribution in [1.82, 2.24) is 15.1 Å². The van der Waals surface area contributed by atoms with Gasteiger partial charge in [0.05, 0.1) is 6.04 Å². The second kappa shape index (κ2) is 6.36. The van der Waals surface area contributed by atoms with E-state index in [2.05, 4.69) is 19.2 Å². The maximum Gasteiger partial charge on any atom is 0.240 e. The van der Waals surface area contributed by atoms with Gasteiger partial charge in [-0.3, -0.25) is 9.69 Å². The Morgan fingerprint density at radius 3 is 2.53 bits per heavy atom. The first-order valence-electron chi connectivity index (χ1n) is 6.59. The van der Waals surface area contributed by atoms with Crippen LogP contribution in [0.2, 0.25) is 0 Å². The molecule has 1 fully saturated rings. The number of nitrogens with zero attached hydrogens (tertiary/aromatic N) is 2. The zero-order valence-corrected chi connectivity index (χ0v) is 11.9. The standard InChI is InChI=1S/C13H27N3O/c1-10(2)12(15(4)5)13(17)16-8-6-7-11(9-16)14-3/h10-12,14H,6-9H2,1-5H3. The fourth-order valence-electron chi connectivity index (χ4n) is 2.70. The highest BCUT2D eigenvalue weighted by atomic mass is 16.2. The minimum atomic E-state index is 0.00519. The molecule has 2 atom stereocenters. The van der Waals surface area contributed by atoms with E-state index in [1.54, 1.807) is 0 Å². The maximum atomic E-state index is 12.5. The predicted molar refractivity (Wildman–Crippen MR) is 71.0 cm³/mol. The van der Waals surface area contributed by atoms with E-state index < -0.39 is 0 Å². The molecule has 1 rings (SSSR count). The lowest BCUT2D eigenvalue weighted by Crippen LogP contribution is -2.54. The second-order valence-corrected chi connectivity index (χ2v) is 5.56. The molecule has 17 heavy (non-hydrogen) atoms. The molecule has 0 radical (unpaired) electrons. The van der Waals surface area contributed by atoms with Crippen LogP contribution < -0.4 is 5.32 Å². The van der Waals surface area contributed by atoms with Gasteiger partial charge in [0.15, 0.2) is 0 Å². The smallest absolute Gasteiger partial charge is 0.240 e. The molecule has 1 N–H and O–H groups in total. The van der Waals surface area contributed by atoms with Crippen LogP contribution in [0.4, 0.5) is 0 Å². The SMILES string of the molecule is CNC1CCCN(C(=O)C(C(C)C)N(C)C)C1. The molecule has 0 aromatic rings. The molecule has 100 valence electrons. The average molecular weight is 241 g/mol. The number of likely N-dealkylation sites (tertiary alicyclic amines) is 1. The van der Waals surface area contributed by atoms with Gasteiger partial charge in [-0.1, -0.05) is 13.8 Å². The highest BCUT2D eigenvalue weighted by Crippen LogP contribution is 2.16. The van der Waals surface area contributed by atoms with Crippen molar-refractivity contribution < 1.29 is 4.79 Å². The van der Waals surface area contributed by atoms with Crippen LogP contribution in [0, 0.1) is 5.92 Å². The van der Waals surface area contributed by atoms with Crippen molar-refractivity contribution in [2.75, 3.05) is 34.2 Å². The lowest BCUT2D eigenvalue weighted by molar-refractivity contribution is -0.139. The minimum absolute atomic E-state index is 0.00519. The van der Waals surface area contributed by atoms with Gasteiger partial charge in [-0.15, -0.1) is 0 Å². The highest BCUT2D eigenvalue weighted by Gasteiger charge is 2.31. The molecule has 0 spiro atoms. The van der Waals surface area contributed by atoms with E-state index in [-0.39, 0.29) is 11.9 Å². The normalized spacial score (nSPS) is 23.2. The van der Waals surface area contributed by atoms with Crippen LogP contribution in [-0.4, -0.2) is 62.0 Å². The van der Waals surface area contributed by atoms with Crippen LogP contribution in [0.5, 0.6) is 0 Å². The molecule has 0 aromatic heterocycles. The van der Waals surface area contributed by atoms with E-state index in [0.29, 0.717) is 12.0 Å². The fraction of sp³-hybridized carbons (Fsp3) is 0.923. The van der Waals surface area contributed by atoms with Crippen LogP contribution in [0.25, 0.3) is 0 Å². The Morgan fingerprint density at radius 2 is 2.06 bits per heavy atom. The Labute approximate surface area is 105 Å². The summed E-state index contributed by atoms with van der Waals surface area (Å²) in [5.41, 5.74) is 0. The molecular formula is C13H27N3O. The Bertz CT molecular complexity index is 245. The summed E-state index contributed by atoms with van der Waals surface area (Å²) in [4.78, 5) is 16.6. The Hall–Kier alpha value is -0.610. The molecule has 0 aliphatic carbocycles. The molecule has 4 nitrogen and oxygen atoms in total. The van der Waals surface area contributed by atoms with Crippen molar-refractivity contribution in [3.63, 3.8) is 0 Å². The summed E-state index contributed by atoms with van der Waals surface area (Å²) in [7, 11) is 5.95. The monoisotopic (exact) mass is 241 g/mol. The zero-order valence-electron chi connectivity index (χ0n) is 11.9. The van der Waals surface area contributed by atoms with Gasteiger partial charge in [0, 0.05) is 19.1 Å². The van der Waals surface area contributed by atoms with Crippen molar-refractivity contribution >= 4 is 5.91 Å². The minimum Gasteiger partial charge on any atom is -0.340 e. The van der Waals surface area contributed by atoms with Gasteiger partial charge in [-0.25, -0.2) is 0 Å². The number of likely N-dealkylation sites (N-methyl/N-ethyl adjacent to an activating group) is 2. The van der Waals surface area contributed by atoms with Crippen LogP contribution in [0.3, 0.4) is 0 Å². The summed E-state index contributed by atoms with van der Waals surface area (Å²) < 4.78 is 0. The lowest BCUT2D eigenvalue weighted by Gasteiger charge is -2.37. The first-order chi connectivity index (χ1) is 7.97. The number of hydrogen-bond acceptors (Lipinski definition) is 3. The van der Waals surface area contributed by atoms with E-state index in [4.69, 9.17) is 0 Å². The van der Waals surface area contributed by atoms with Gasteiger partial charge in [-0.05, 0) is 39.9 Å². The number of nitrogens with one attached hydrogen (secondary N) is 1. The van der Waals surface area contributed by atoms with E-state index in [9.17, 15) is 4.79 Å². The Balaban J connectivity index is 2.67. The number of rotatable bonds is 4. The van der Waals surface area contributed by atoms with Gasteiger partial charge >= 0.3 is 0 Å². The lowest BCUT2D eigenvalue weighted by atomic mass is 9.99. The van der Waals surface area contributed by atoms with Gasteiger partial charge in [0.25, 0.3) is 0 Å². The second-order valence-electron chi connectivity index (χ2n) is 5.56. The number of piperidine rings is 1. The summed E-state index contributed by atoms with van der Waals surface area (Å²) >= 11 is 0. The van der Waals surface area contributed by atoms with Crippen molar-refractivity contribution in [3.8, 4) is 0 Å². The van der Waals surface area contributed by atoms with Crippen LogP contribution in [0.15, 0.2) is 0 Å². The number of carbonyl (C=O) groups excluding carboxylic acids is 1. The predicted octanol–water partition coefficient (Wildman–Crippen LogP) is 0.783. The van der Waals surface area contributed by atoms with E-state index in [1.807, 2.05) is 30.9 Å². The first kappa shape index (κ1) is 14.5. The van der Waals surface area contributed by atoms with Crippen molar-refractivity contribution in [2.45, 2.75) is 38.8 Å². The van der Waals surface area contributed by atoms with E-state index >= 15 is 0 Å². The van der Waals surface area contributed by atoms with Crippen molar-refractivity contribution in [2.24, 2.45) is 5.92 Å². The van der Waals surface area contributed by atoms with Crippen LogP contribution in [-0.2, 0) is 4.79 Å².